The van der Waals surface area contributed by atoms with Gasteiger partial charge in [-0.05, 0) is 72.9 Å². The quantitative estimate of drug-likeness (QED) is 0.365. The Morgan fingerprint density at radius 1 is 1.14 bits per heavy atom. The van der Waals surface area contributed by atoms with Crippen LogP contribution in [0.15, 0.2) is 48.5 Å². The van der Waals surface area contributed by atoms with Gasteiger partial charge in [-0.3, -0.25) is 9.59 Å². The van der Waals surface area contributed by atoms with Crippen molar-refractivity contribution in [1.82, 2.24) is 5.32 Å². The molecule has 1 unspecified atom stereocenters. The van der Waals surface area contributed by atoms with Gasteiger partial charge in [0.1, 0.15) is 0 Å². The monoisotopic (exact) mass is 565 g/mol. The first-order valence-corrected chi connectivity index (χ1v) is 15.1. The van der Waals surface area contributed by atoms with E-state index in [9.17, 15) is 23.1 Å². The molecule has 1 saturated heterocycles. The maximum atomic E-state index is 13.6. The molecule has 5 atom stereocenters. The van der Waals surface area contributed by atoms with Gasteiger partial charge in [-0.1, -0.05) is 61.3 Å². The van der Waals surface area contributed by atoms with E-state index < -0.39 is 32.5 Å². The molecule has 1 amide bonds. The number of piperidine rings is 1. The van der Waals surface area contributed by atoms with Crippen molar-refractivity contribution in [2.45, 2.75) is 63.2 Å². The number of nitrogens with one attached hydrogen (secondary N) is 1. The Kier molecular flexibility index (Phi) is 8.27. The summed E-state index contributed by atoms with van der Waals surface area (Å²) in [5, 5.41) is 12.9. The fourth-order valence-corrected chi connectivity index (χ4v) is 8.32. The number of hydrogen-bond acceptors (Lipinski definition) is 4. The molecule has 2 N–H and O–H groups in total. The SMILES string of the molecule is CC(C[C@@H](c1ccc(Cl)cc1)S(=O)(=O)CC1CC1)[C@@H]1NC(=O)[C@](C)(CC(=O)O)C[C@@H]1c1cccc(Cl)c1. The van der Waals surface area contributed by atoms with Gasteiger partial charge in [-0.25, -0.2) is 8.42 Å². The molecule has 0 radical (unpaired) electrons. The number of carboxylic acid groups (broad SMARTS) is 1. The molecule has 4 rings (SSSR count). The lowest BCUT2D eigenvalue weighted by Crippen LogP contribution is -2.56. The van der Waals surface area contributed by atoms with Crippen molar-refractivity contribution in [3.8, 4) is 0 Å². The van der Waals surface area contributed by atoms with Crippen LogP contribution in [0.1, 0.15) is 68.2 Å². The Labute approximate surface area is 228 Å². The minimum absolute atomic E-state index is 0.151. The van der Waals surface area contributed by atoms with Gasteiger partial charge in [-0.15, -0.1) is 0 Å². The van der Waals surface area contributed by atoms with Gasteiger partial charge in [0.2, 0.25) is 5.91 Å². The summed E-state index contributed by atoms with van der Waals surface area (Å²) in [6.07, 6.45) is 2.20. The number of carbonyl (C=O) groups is 2. The molecule has 2 aromatic carbocycles. The molecule has 1 heterocycles. The lowest BCUT2D eigenvalue weighted by Gasteiger charge is -2.45. The van der Waals surface area contributed by atoms with Crippen LogP contribution in [-0.4, -0.2) is 37.2 Å². The maximum absolute atomic E-state index is 13.6. The number of carboxylic acids is 1. The summed E-state index contributed by atoms with van der Waals surface area (Å²) in [5.74, 6) is -1.46. The number of benzene rings is 2. The minimum atomic E-state index is -3.45. The molecule has 9 heteroatoms. The van der Waals surface area contributed by atoms with Gasteiger partial charge in [0.15, 0.2) is 9.84 Å². The fourth-order valence-electron chi connectivity index (χ4n) is 5.60. The molecule has 1 aliphatic heterocycles. The highest BCUT2D eigenvalue weighted by Gasteiger charge is 2.48. The highest BCUT2D eigenvalue weighted by molar-refractivity contribution is 7.91. The van der Waals surface area contributed by atoms with E-state index in [4.69, 9.17) is 23.2 Å². The third kappa shape index (κ3) is 6.68. The Hall–Kier alpha value is -2.09. The molecule has 1 saturated carbocycles. The Bertz CT molecular complexity index is 1260. The zero-order valence-corrected chi connectivity index (χ0v) is 23.3. The summed E-state index contributed by atoms with van der Waals surface area (Å²) in [6, 6.07) is 13.9. The normalized spacial score (nSPS) is 25.8. The summed E-state index contributed by atoms with van der Waals surface area (Å²) < 4.78 is 27.1. The van der Waals surface area contributed by atoms with E-state index in [0.717, 1.165) is 18.4 Å². The number of amides is 1. The van der Waals surface area contributed by atoms with Gasteiger partial charge < -0.3 is 10.4 Å². The standard InChI is InChI=1S/C28H33Cl2NO5S/c1-17(12-24(19-8-10-21(29)11-9-19)37(35,36)16-18-6-7-18)26-23(20-4-3-5-22(30)13-20)14-28(2,15-25(32)33)27(34)31-26/h3-5,8-11,13,17-18,23-24,26H,6-7,12,14-16H2,1-2H3,(H,31,34)(H,32,33)/t17?,23-,24+,26+,28+/m1/s1. The second-order valence-corrected chi connectivity index (χ2v) is 14.1. The van der Waals surface area contributed by atoms with E-state index >= 15 is 0 Å². The van der Waals surface area contributed by atoms with Gasteiger partial charge >= 0.3 is 5.97 Å². The van der Waals surface area contributed by atoms with Crippen molar-refractivity contribution in [1.29, 1.82) is 0 Å². The maximum Gasteiger partial charge on any atom is 0.304 e. The van der Waals surface area contributed by atoms with E-state index in [1.54, 1.807) is 37.3 Å². The van der Waals surface area contributed by atoms with Gasteiger partial charge in [0.05, 0.1) is 22.8 Å². The van der Waals surface area contributed by atoms with Crippen molar-refractivity contribution >= 4 is 44.9 Å². The average molecular weight is 567 g/mol. The van der Waals surface area contributed by atoms with E-state index in [0.29, 0.717) is 28.5 Å². The Morgan fingerprint density at radius 3 is 2.41 bits per heavy atom. The van der Waals surface area contributed by atoms with E-state index in [1.165, 1.54) is 0 Å². The molecular weight excluding hydrogens is 533 g/mol. The van der Waals surface area contributed by atoms with Crippen molar-refractivity contribution in [2.24, 2.45) is 17.3 Å². The van der Waals surface area contributed by atoms with Crippen LogP contribution < -0.4 is 5.32 Å². The van der Waals surface area contributed by atoms with Crippen LogP contribution in [0.4, 0.5) is 0 Å². The van der Waals surface area contributed by atoms with Gasteiger partial charge in [-0.2, -0.15) is 0 Å². The number of carbonyl (C=O) groups excluding carboxylic acids is 1. The van der Waals surface area contributed by atoms with Gasteiger partial charge in [0.25, 0.3) is 0 Å². The molecular formula is C28H33Cl2NO5S. The van der Waals surface area contributed by atoms with Gasteiger partial charge in [0, 0.05) is 22.0 Å². The first-order chi connectivity index (χ1) is 17.4. The van der Waals surface area contributed by atoms with Crippen molar-refractivity contribution in [3.05, 3.63) is 69.7 Å². The number of halogens is 2. The highest BCUT2D eigenvalue weighted by atomic mass is 35.5. The topological polar surface area (TPSA) is 101 Å². The van der Waals surface area contributed by atoms with Crippen molar-refractivity contribution in [2.75, 3.05) is 5.75 Å². The van der Waals surface area contributed by atoms with E-state index in [2.05, 4.69) is 5.32 Å². The van der Waals surface area contributed by atoms with Crippen LogP contribution in [0.3, 0.4) is 0 Å². The number of hydrogen-bond donors (Lipinski definition) is 2. The van der Waals surface area contributed by atoms with E-state index in [1.807, 2.05) is 25.1 Å². The molecule has 6 nitrogen and oxygen atoms in total. The molecule has 0 spiro atoms. The first kappa shape index (κ1) is 27.9. The van der Waals surface area contributed by atoms with Crippen LogP contribution in [-0.2, 0) is 19.4 Å². The van der Waals surface area contributed by atoms with Crippen LogP contribution >= 0.6 is 23.2 Å². The smallest absolute Gasteiger partial charge is 0.304 e. The first-order valence-electron chi connectivity index (χ1n) is 12.6. The molecule has 0 bridgehead atoms. The van der Waals surface area contributed by atoms with Crippen LogP contribution in [0, 0.1) is 17.3 Å². The van der Waals surface area contributed by atoms with Crippen molar-refractivity contribution in [3.63, 3.8) is 0 Å². The summed E-state index contributed by atoms with van der Waals surface area (Å²) >= 11 is 12.4. The molecule has 2 aliphatic rings. The van der Waals surface area contributed by atoms with Crippen LogP contribution in [0.2, 0.25) is 10.0 Å². The fraction of sp³-hybridized carbons (Fsp3) is 0.500. The second-order valence-electron chi connectivity index (χ2n) is 11.0. The summed E-state index contributed by atoms with van der Waals surface area (Å²) in [7, 11) is -3.45. The summed E-state index contributed by atoms with van der Waals surface area (Å²) in [4.78, 5) is 24.8. The molecule has 37 heavy (non-hydrogen) atoms. The molecule has 200 valence electrons. The zero-order valence-electron chi connectivity index (χ0n) is 21.0. The average Bonchev–Trinajstić information content (AvgIpc) is 3.62. The lowest BCUT2D eigenvalue weighted by atomic mass is 9.67. The second kappa shape index (κ2) is 11.0. The van der Waals surface area contributed by atoms with E-state index in [-0.39, 0.29) is 35.8 Å². The number of aliphatic carboxylic acids is 1. The van der Waals surface area contributed by atoms with Crippen LogP contribution in [0.5, 0.6) is 0 Å². The predicted octanol–water partition coefficient (Wildman–Crippen LogP) is 6.04. The zero-order chi connectivity index (χ0) is 27.0. The van der Waals surface area contributed by atoms with Crippen LogP contribution in [0.25, 0.3) is 0 Å². The predicted molar refractivity (Wildman–Crippen MR) is 146 cm³/mol. The lowest BCUT2D eigenvalue weighted by molar-refractivity contribution is -0.147. The number of rotatable bonds is 10. The molecule has 2 aromatic rings. The number of sulfone groups is 1. The Balaban J connectivity index is 1.67. The Morgan fingerprint density at radius 2 is 1.81 bits per heavy atom. The summed E-state index contributed by atoms with van der Waals surface area (Å²) in [5.41, 5.74) is 0.488. The largest absolute Gasteiger partial charge is 0.481 e. The molecule has 0 aromatic heterocycles. The molecule has 1 aliphatic carbocycles. The minimum Gasteiger partial charge on any atom is -0.481 e. The molecule has 2 fully saturated rings. The third-order valence-electron chi connectivity index (χ3n) is 7.81. The highest BCUT2D eigenvalue weighted by Crippen LogP contribution is 2.45. The van der Waals surface area contributed by atoms with Crippen molar-refractivity contribution < 1.29 is 23.1 Å². The summed E-state index contributed by atoms with van der Waals surface area (Å²) in [6.45, 7) is 3.63. The third-order valence-corrected chi connectivity index (χ3v) is 10.6.